The van der Waals surface area contributed by atoms with E-state index in [9.17, 15) is 9.50 Å². The van der Waals surface area contributed by atoms with Crippen LogP contribution in [0.1, 0.15) is 30.3 Å². The summed E-state index contributed by atoms with van der Waals surface area (Å²) in [6, 6.07) is 10.5. The van der Waals surface area contributed by atoms with Gasteiger partial charge in [0.15, 0.2) is 0 Å². The van der Waals surface area contributed by atoms with Crippen molar-refractivity contribution >= 4 is 0 Å². The summed E-state index contributed by atoms with van der Waals surface area (Å²) in [4.78, 5) is 2.36. The Balaban J connectivity index is 1.50. The van der Waals surface area contributed by atoms with Crippen LogP contribution in [0.15, 0.2) is 47.1 Å². The quantitative estimate of drug-likeness (QED) is 0.845. The Labute approximate surface area is 141 Å². The van der Waals surface area contributed by atoms with E-state index in [-0.39, 0.29) is 11.9 Å². The molecule has 1 fully saturated rings. The largest absolute Gasteiger partial charge is 0.467 e. The maximum absolute atomic E-state index is 13.2. The molecular weight excluding hydrogens is 309 g/mol. The first-order chi connectivity index (χ1) is 11.7. The van der Waals surface area contributed by atoms with E-state index in [1.165, 1.54) is 6.07 Å². The predicted octanol–water partition coefficient (Wildman–Crippen LogP) is 3.18. The van der Waals surface area contributed by atoms with E-state index in [4.69, 9.17) is 9.15 Å². The molecular formula is C19H24FNO3. The van der Waals surface area contributed by atoms with Crippen LogP contribution in [0.3, 0.4) is 0 Å². The predicted molar refractivity (Wildman–Crippen MR) is 89.2 cm³/mol. The van der Waals surface area contributed by atoms with E-state index in [1.807, 2.05) is 6.07 Å². The van der Waals surface area contributed by atoms with Crippen molar-refractivity contribution in [2.24, 2.45) is 0 Å². The molecule has 130 valence electrons. The molecule has 0 bridgehead atoms. The van der Waals surface area contributed by atoms with Gasteiger partial charge in [-0.05, 0) is 55.6 Å². The van der Waals surface area contributed by atoms with Crippen molar-refractivity contribution in [3.8, 4) is 0 Å². The summed E-state index contributed by atoms with van der Waals surface area (Å²) >= 11 is 0. The highest BCUT2D eigenvalue weighted by Crippen LogP contribution is 2.23. The molecule has 2 heterocycles. The van der Waals surface area contributed by atoms with Gasteiger partial charge in [0.05, 0.1) is 19.5 Å². The van der Waals surface area contributed by atoms with Crippen molar-refractivity contribution in [3.05, 3.63) is 59.8 Å². The van der Waals surface area contributed by atoms with E-state index in [2.05, 4.69) is 4.90 Å². The fourth-order valence-electron chi connectivity index (χ4n) is 3.23. The molecule has 3 rings (SSSR count). The number of hydrogen-bond donors (Lipinski definition) is 1. The van der Waals surface area contributed by atoms with E-state index in [1.54, 1.807) is 30.5 Å². The number of benzene rings is 1. The van der Waals surface area contributed by atoms with Crippen molar-refractivity contribution < 1.29 is 18.7 Å². The van der Waals surface area contributed by atoms with Gasteiger partial charge in [-0.2, -0.15) is 0 Å². The number of aliphatic hydroxyl groups excluding tert-OH is 1. The highest BCUT2D eigenvalue weighted by atomic mass is 19.1. The number of halogens is 1. The van der Waals surface area contributed by atoms with Crippen molar-refractivity contribution in [3.63, 3.8) is 0 Å². The zero-order chi connectivity index (χ0) is 16.8. The molecule has 5 heteroatoms. The summed E-state index contributed by atoms with van der Waals surface area (Å²) in [5.74, 6) is 0.415. The Bertz CT molecular complexity index is 617. The minimum atomic E-state index is -0.614. The maximum Gasteiger partial charge on any atom is 0.132 e. The highest BCUT2D eigenvalue weighted by molar-refractivity contribution is 5.16. The lowest BCUT2D eigenvalue weighted by Crippen LogP contribution is -2.46. The first-order valence-electron chi connectivity index (χ1n) is 8.50. The van der Waals surface area contributed by atoms with E-state index in [0.29, 0.717) is 25.4 Å². The second-order valence-corrected chi connectivity index (χ2v) is 6.27. The summed E-state index contributed by atoms with van der Waals surface area (Å²) < 4.78 is 24.1. The minimum Gasteiger partial charge on any atom is -0.467 e. The lowest BCUT2D eigenvalue weighted by molar-refractivity contribution is -0.0287. The molecule has 1 saturated heterocycles. The van der Waals surface area contributed by atoms with Gasteiger partial charge in [0.1, 0.15) is 17.7 Å². The molecule has 1 aliphatic heterocycles. The first kappa shape index (κ1) is 17.1. The van der Waals surface area contributed by atoms with Gasteiger partial charge in [-0.25, -0.2) is 4.39 Å². The number of nitrogens with zero attached hydrogens (tertiary/aromatic N) is 1. The van der Waals surface area contributed by atoms with Gasteiger partial charge in [-0.1, -0.05) is 12.1 Å². The van der Waals surface area contributed by atoms with E-state index < -0.39 is 6.10 Å². The summed E-state index contributed by atoms with van der Waals surface area (Å²) in [5.41, 5.74) is 1.02. The zero-order valence-electron chi connectivity index (χ0n) is 13.7. The second kappa shape index (κ2) is 8.42. The van der Waals surface area contributed by atoms with Crippen molar-refractivity contribution in [1.82, 2.24) is 4.90 Å². The van der Waals surface area contributed by atoms with Crippen LogP contribution in [-0.4, -0.2) is 42.4 Å². The van der Waals surface area contributed by atoms with Crippen molar-refractivity contribution in [2.75, 3.05) is 26.3 Å². The van der Waals surface area contributed by atoms with Gasteiger partial charge in [-0.3, -0.25) is 4.90 Å². The number of rotatable bonds is 7. The summed E-state index contributed by atoms with van der Waals surface area (Å²) in [6.45, 7) is 3.11. The molecule has 1 N–H and O–H groups in total. The molecule has 1 aromatic carbocycles. The number of aliphatic hydroxyl groups is 1. The fraction of sp³-hybridized carbons (Fsp3) is 0.474. The molecule has 0 spiro atoms. The van der Waals surface area contributed by atoms with Gasteiger partial charge in [0.25, 0.3) is 0 Å². The van der Waals surface area contributed by atoms with Crippen LogP contribution in [0.4, 0.5) is 4.39 Å². The molecule has 4 nitrogen and oxygen atoms in total. The first-order valence-corrected chi connectivity index (χ1v) is 8.50. The number of hydrogen-bond acceptors (Lipinski definition) is 4. The number of ether oxygens (including phenoxy) is 1. The molecule has 0 amide bonds. The minimum absolute atomic E-state index is 0.173. The summed E-state index contributed by atoms with van der Waals surface area (Å²) in [6.07, 6.45) is 3.36. The summed E-state index contributed by atoms with van der Waals surface area (Å²) in [7, 11) is 0. The smallest absolute Gasteiger partial charge is 0.132 e. The molecule has 1 aliphatic rings. The maximum atomic E-state index is 13.2. The van der Waals surface area contributed by atoms with Gasteiger partial charge in [0, 0.05) is 12.6 Å². The lowest BCUT2D eigenvalue weighted by atomic mass is 10.0. The van der Waals surface area contributed by atoms with Gasteiger partial charge in [0.2, 0.25) is 0 Å². The molecule has 2 atom stereocenters. The highest BCUT2D eigenvalue weighted by Gasteiger charge is 2.26. The number of furan rings is 1. The molecule has 2 aromatic rings. The van der Waals surface area contributed by atoms with Crippen LogP contribution in [0, 0.1) is 5.82 Å². The Morgan fingerprint density at radius 3 is 3.00 bits per heavy atom. The molecule has 24 heavy (non-hydrogen) atoms. The Morgan fingerprint density at radius 2 is 2.21 bits per heavy atom. The standard InChI is InChI=1S/C19H24FNO3/c20-16-6-1-4-15(12-16)5-2-8-21-9-11-23-14-17(21)13-18(22)19-7-3-10-24-19/h1,3-4,6-7,10,12,17-18,22H,2,5,8-9,11,13-14H2. The monoisotopic (exact) mass is 333 g/mol. The van der Waals surface area contributed by atoms with E-state index in [0.717, 1.165) is 31.5 Å². The molecule has 1 aromatic heterocycles. The number of morpholine rings is 1. The van der Waals surface area contributed by atoms with Crippen LogP contribution in [0.2, 0.25) is 0 Å². The van der Waals surface area contributed by atoms with Crippen LogP contribution in [0.5, 0.6) is 0 Å². The molecule has 0 radical (unpaired) electrons. The van der Waals surface area contributed by atoms with Crippen LogP contribution in [-0.2, 0) is 11.2 Å². The van der Waals surface area contributed by atoms with Crippen molar-refractivity contribution in [1.29, 1.82) is 0 Å². The van der Waals surface area contributed by atoms with Crippen LogP contribution >= 0.6 is 0 Å². The Hall–Kier alpha value is -1.69. The topological polar surface area (TPSA) is 45.8 Å². The average molecular weight is 333 g/mol. The van der Waals surface area contributed by atoms with Crippen LogP contribution < -0.4 is 0 Å². The third-order valence-electron chi connectivity index (χ3n) is 4.52. The molecule has 0 saturated carbocycles. The lowest BCUT2D eigenvalue weighted by Gasteiger charge is -2.36. The Morgan fingerprint density at radius 1 is 1.29 bits per heavy atom. The van der Waals surface area contributed by atoms with Gasteiger partial charge in [-0.15, -0.1) is 0 Å². The SMILES string of the molecule is OC(CC1COCCN1CCCc1cccc(F)c1)c1ccco1. The Kier molecular flexibility index (Phi) is 6.01. The third kappa shape index (κ3) is 4.66. The van der Waals surface area contributed by atoms with Crippen LogP contribution in [0.25, 0.3) is 0 Å². The second-order valence-electron chi connectivity index (χ2n) is 6.27. The van der Waals surface area contributed by atoms with Crippen molar-refractivity contribution in [2.45, 2.75) is 31.4 Å². The number of aryl methyl sites for hydroxylation is 1. The van der Waals surface area contributed by atoms with E-state index >= 15 is 0 Å². The zero-order valence-corrected chi connectivity index (χ0v) is 13.7. The van der Waals surface area contributed by atoms with Gasteiger partial charge < -0.3 is 14.3 Å². The normalized spacial score (nSPS) is 20.2. The fourth-order valence-corrected chi connectivity index (χ4v) is 3.23. The molecule has 2 unspecified atom stereocenters. The van der Waals surface area contributed by atoms with Gasteiger partial charge >= 0.3 is 0 Å². The third-order valence-corrected chi connectivity index (χ3v) is 4.52. The average Bonchev–Trinajstić information content (AvgIpc) is 3.11. The summed E-state index contributed by atoms with van der Waals surface area (Å²) in [5, 5.41) is 10.3. The molecule has 0 aliphatic carbocycles.